The Bertz CT molecular complexity index is 472. The number of carbonyl (C=O) groups excluding carboxylic acids is 1. The Balaban J connectivity index is 1.70. The van der Waals surface area contributed by atoms with Gasteiger partial charge in [-0.15, -0.1) is 0 Å². The maximum absolute atomic E-state index is 12.5. The first-order chi connectivity index (χ1) is 9.74. The molecule has 1 saturated carbocycles. The Kier molecular flexibility index (Phi) is 3.92. The molecule has 1 aromatic rings. The Morgan fingerprint density at radius 2 is 2.05 bits per heavy atom. The number of anilines is 1. The summed E-state index contributed by atoms with van der Waals surface area (Å²) in [5.41, 5.74) is 2.06. The highest BCUT2D eigenvalue weighted by molar-refractivity contribution is 5.89. The molecule has 1 aliphatic carbocycles. The summed E-state index contributed by atoms with van der Waals surface area (Å²) in [4.78, 5) is 14.5. The minimum Gasteiger partial charge on any atom is -0.376 e. The predicted molar refractivity (Wildman–Crippen MR) is 78.9 cm³/mol. The highest BCUT2D eigenvalue weighted by Gasteiger charge is 2.36. The summed E-state index contributed by atoms with van der Waals surface area (Å²) < 4.78 is 5.85. The van der Waals surface area contributed by atoms with Gasteiger partial charge in [0.1, 0.15) is 0 Å². The summed E-state index contributed by atoms with van der Waals surface area (Å²) in [6.07, 6.45) is 4.46. The largest absolute Gasteiger partial charge is 0.376 e. The molecule has 108 valence electrons. The van der Waals surface area contributed by atoms with Gasteiger partial charge in [-0.25, -0.2) is 4.79 Å². The molecule has 2 amide bonds. The van der Waals surface area contributed by atoms with Crippen molar-refractivity contribution in [2.24, 2.45) is 0 Å². The van der Waals surface area contributed by atoms with E-state index < -0.39 is 0 Å². The van der Waals surface area contributed by atoms with Gasteiger partial charge < -0.3 is 15.0 Å². The van der Waals surface area contributed by atoms with Gasteiger partial charge in [0.05, 0.1) is 12.1 Å². The molecule has 1 saturated heterocycles. The summed E-state index contributed by atoms with van der Waals surface area (Å²) >= 11 is 0. The fourth-order valence-corrected chi connectivity index (χ4v) is 3.18. The summed E-state index contributed by atoms with van der Waals surface area (Å²) in [6, 6.07) is 8.19. The van der Waals surface area contributed by atoms with Crippen LogP contribution in [0.3, 0.4) is 0 Å². The van der Waals surface area contributed by atoms with Crippen LogP contribution in [0, 0.1) is 6.92 Å². The van der Waals surface area contributed by atoms with Crippen molar-refractivity contribution in [1.82, 2.24) is 4.90 Å². The van der Waals surface area contributed by atoms with E-state index in [9.17, 15) is 4.79 Å². The van der Waals surface area contributed by atoms with Crippen LogP contribution in [0.5, 0.6) is 0 Å². The van der Waals surface area contributed by atoms with E-state index in [1.165, 1.54) is 5.56 Å². The van der Waals surface area contributed by atoms with Gasteiger partial charge in [0.2, 0.25) is 0 Å². The molecule has 0 spiro atoms. The van der Waals surface area contributed by atoms with Crippen LogP contribution in [-0.4, -0.2) is 36.2 Å². The highest BCUT2D eigenvalue weighted by atomic mass is 16.5. The molecule has 1 N–H and O–H groups in total. The van der Waals surface area contributed by atoms with E-state index >= 15 is 0 Å². The molecular weight excluding hydrogens is 252 g/mol. The van der Waals surface area contributed by atoms with E-state index in [0.717, 1.165) is 44.5 Å². The number of nitrogens with one attached hydrogen (secondary N) is 1. The molecule has 4 nitrogen and oxygen atoms in total. The van der Waals surface area contributed by atoms with Crippen LogP contribution >= 0.6 is 0 Å². The number of aryl methyl sites for hydroxylation is 1. The molecular formula is C16H22N2O2. The van der Waals surface area contributed by atoms with Crippen molar-refractivity contribution in [2.75, 3.05) is 18.5 Å². The molecule has 0 aromatic heterocycles. The third-order valence-electron chi connectivity index (χ3n) is 4.26. The molecule has 3 rings (SSSR count). The van der Waals surface area contributed by atoms with Crippen molar-refractivity contribution in [1.29, 1.82) is 0 Å². The lowest BCUT2D eigenvalue weighted by atomic mass is 10.2. The van der Waals surface area contributed by atoms with Crippen LogP contribution in [0.2, 0.25) is 0 Å². The van der Waals surface area contributed by atoms with Crippen molar-refractivity contribution >= 4 is 11.7 Å². The summed E-state index contributed by atoms with van der Waals surface area (Å²) in [5.74, 6) is 0. The number of ether oxygens (including phenoxy) is 1. The molecule has 1 aromatic carbocycles. The van der Waals surface area contributed by atoms with Gasteiger partial charge in [0.25, 0.3) is 0 Å². The molecule has 1 heterocycles. The summed E-state index contributed by atoms with van der Waals surface area (Å²) in [7, 11) is 0. The number of amides is 2. The number of rotatable bonds is 1. The molecule has 0 radical (unpaired) electrons. The van der Waals surface area contributed by atoms with Crippen LogP contribution < -0.4 is 5.32 Å². The average Bonchev–Trinajstić information content (AvgIpc) is 2.81. The van der Waals surface area contributed by atoms with E-state index in [-0.39, 0.29) is 18.2 Å². The van der Waals surface area contributed by atoms with Gasteiger partial charge in [-0.3, -0.25) is 0 Å². The second-order valence-electron chi connectivity index (χ2n) is 5.75. The number of carbonyl (C=O) groups is 1. The lowest BCUT2D eigenvalue weighted by molar-refractivity contribution is 0.0413. The number of hydrogen-bond acceptors (Lipinski definition) is 2. The monoisotopic (exact) mass is 274 g/mol. The van der Waals surface area contributed by atoms with Gasteiger partial charge in [0.15, 0.2) is 0 Å². The lowest BCUT2D eigenvalue weighted by Gasteiger charge is -2.30. The van der Waals surface area contributed by atoms with E-state index in [4.69, 9.17) is 4.74 Å². The highest BCUT2D eigenvalue weighted by Crippen LogP contribution is 2.29. The van der Waals surface area contributed by atoms with Crippen LogP contribution in [0.15, 0.2) is 24.3 Å². The molecule has 4 heteroatoms. The van der Waals surface area contributed by atoms with Crippen molar-refractivity contribution in [3.63, 3.8) is 0 Å². The standard InChI is InChI=1S/C16H22N2O2/c1-12-6-8-13(9-7-12)17-16(19)18-10-3-11-20-15-5-2-4-14(15)18/h6-9,14-15H,2-5,10-11H2,1H3,(H,17,19)/t14-,15+/m1/s1. The number of fused-ring (bicyclic) bond motifs is 1. The Morgan fingerprint density at radius 3 is 2.85 bits per heavy atom. The third kappa shape index (κ3) is 2.80. The van der Waals surface area contributed by atoms with E-state index in [1.807, 2.05) is 36.1 Å². The number of hydrogen-bond donors (Lipinski definition) is 1. The maximum Gasteiger partial charge on any atom is 0.322 e. The zero-order valence-electron chi connectivity index (χ0n) is 12.0. The molecule has 2 aliphatic rings. The molecule has 2 fully saturated rings. The van der Waals surface area contributed by atoms with Crippen molar-refractivity contribution in [2.45, 2.75) is 44.8 Å². The number of urea groups is 1. The molecule has 2 atom stereocenters. The topological polar surface area (TPSA) is 41.6 Å². The quantitative estimate of drug-likeness (QED) is 0.854. The summed E-state index contributed by atoms with van der Waals surface area (Å²) in [5, 5.41) is 3.01. The van der Waals surface area contributed by atoms with E-state index in [0.29, 0.717) is 0 Å². The van der Waals surface area contributed by atoms with E-state index in [2.05, 4.69) is 5.32 Å². The normalized spacial score (nSPS) is 25.9. The SMILES string of the molecule is Cc1ccc(NC(=O)N2CCCO[C@H]3CCC[C@H]32)cc1. The summed E-state index contributed by atoms with van der Waals surface area (Å²) in [6.45, 7) is 3.61. The minimum absolute atomic E-state index is 0.0104. The first-order valence-corrected chi connectivity index (χ1v) is 7.50. The Hall–Kier alpha value is -1.55. The Morgan fingerprint density at radius 1 is 1.25 bits per heavy atom. The van der Waals surface area contributed by atoms with Crippen molar-refractivity contribution in [3.8, 4) is 0 Å². The molecule has 20 heavy (non-hydrogen) atoms. The first-order valence-electron chi connectivity index (χ1n) is 7.50. The average molecular weight is 274 g/mol. The van der Waals surface area contributed by atoms with Crippen molar-refractivity contribution in [3.05, 3.63) is 29.8 Å². The van der Waals surface area contributed by atoms with Crippen LogP contribution in [-0.2, 0) is 4.74 Å². The zero-order valence-corrected chi connectivity index (χ0v) is 12.0. The molecule has 0 unspecified atom stereocenters. The number of benzene rings is 1. The predicted octanol–water partition coefficient (Wildman–Crippen LogP) is 3.17. The second kappa shape index (κ2) is 5.83. The van der Waals surface area contributed by atoms with Gasteiger partial charge in [0, 0.05) is 18.8 Å². The van der Waals surface area contributed by atoms with Gasteiger partial charge in [-0.2, -0.15) is 0 Å². The lowest BCUT2D eigenvalue weighted by Crippen LogP contribution is -2.45. The second-order valence-corrected chi connectivity index (χ2v) is 5.75. The first kappa shape index (κ1) is 13.4. The van der Waals surface area contributed by atoms with Crippen LogP contribution in [0.1, 0.15) is 31.2 Å². The Labute approximate surface area is 120 Å². The van der Waals surface area contributed by atoms with Gasteiger partial charge >= 0.3 is 6.03 Å². The van der Waals surface area contributed by atoms with Gasteiger partial charge in [-0.1, -0.05) is 17.7 Å². The van der Waals surface area contributed by atoms with Crippen LogP contribution in [0.25, 0.3) is 0 Å². The van der Waals surface area contributed by atoms with E-state index in [1.54, 1.807) is 0 Å². The smallest absolute Gasteiger partial charge is 0.322 e. The number of nitrogens with zero attached hydrogens (tertiary/aromatic N) is 1. The zero-order chi connectivity index (χ0) is 13.9. The fourth-order valence-electron chi connectivity index (χ4n) is 3.18. The van der Waals surface area contributed by atoms with Gasteiger partial charge in [-0.05, 0) is 44.7 Å². The fraction of sp³-hybridized carbons (Fsp3) is 0.562. The molecule has 0 bridgehead atoms. The molecule has 1 aliphatic heterocycles. The third-order valence-corrected chi connectivity index (χ3v) is 4.26. The minimum atomic E-state index is 0.0104. The maximum atomic E-state index is 12.5. The van der Waals surface area contributed by atoms with Crippen LogP contribution in [0.4, 0.5) is 10.5 Å². The van der Waals surface area contributed by atoms with Crippen molar-refractivity contribution < 1.29 is 9.53 Å².